The fourth-order valence-corrected chi connectivity index (χ4v) is 1.73. The van der Waals surface area contributed by atoms with Gasteiger partial charge in [-0.25, -0.2) is 9.97 Å². The van der Waals surface area contributed by atoms with Crippen molar-refractivity contribution in [3.05, 3.63) is 17.0 Å². The van der Waals surface area contributed by atoms with Crippen LogP contribution in [0.2, 0.25) is 5.15 Å². The highest BCUT2D eigenvalue weighted by Crippen LogP contribution is 2.22. The van der Waals surface area contributed by atoms with Crippen molar-refractivity contribution in [1.29, 1.82) is 0 Å². The fraction of sp³-hybridized carbons (Fsp3) is 0.636. The van der Waals surface area contributed by atoms with Gasteiger partial charge in [-0.2, -0.15) is 0 Å². The molecule has 0 aliphatic carbocycles. The lowest BCUT2D eigenvalue weighted by Crippen LogP contribution is -2.29. The maximum atomic E-state index is 6.05. The van der Waals surface area contributed by atoms with Gasteiger partial charge < -0.3 is 9.80 Å². The second kappa shape index (κ2) is 6.01. The maximum Gasteiger partial charge on any atom is 0.137 e. The van der Waals surface area contributed by atoms with Crippen molar-refractivity contribution in [1.82, 2.24) is 14.9 Å². The van der Waals surface area contributed by atoms with Gasteiger partial charge in [-0.3, -0.25) is 0 Å². The molecule has 1 aromatic heterocycles. The van der Waals surface area contributed by atoms with Gasteiger partial charge in [0, 0.05) is 25.7 Å². The van der Waals surface area contributed by atoms with Crippen LogP contribution in [-0.2, 0) is 6.42 Å². The van der Waals surface area contributed by atoms with Crippen LogP contribution in [0.3, 0.4) is 0 Å². The molecule has 0 atom stereocenters. The van der Waals surface area contributed by atoms with E-state index in [-0.39, 0.29) is 0 Å². The fourth-order valence-electron chi connectivity index (χ4n) is 1.47. The summed E-state index contributed by atoms with van der Waals surface area (Å²) in [5, 5.41) is 0.559. The zero-order chi connectivity index (χ0) is 12.1. The molecule has 0 amide bonds. The molecule has 1 aromatic rings. The Hall–Kier alpha value is -0.870. The molecular formula is C11H19ClN4. The molecule has 0 saturated carbocycles. The zero-order valence-corrected chi connectivity index (χ0v) is 11.1. The Morgan fingerprint density at radius 2 is 1.88 bits per heavy atom. The Kier molecular flexibility index (Phi) is 4.96. The second-order valence-corrected chi connectivity index (χ2v) is 4.40. The van der Waals surface area contributed by atoms with E-state index < -0.39 is 0 Å². The Balaban J connectivity index is 2.82. The van der Waals surface area contributed by atoms with Crippen LogP contribution in [0.15, 0.2) is 6.33 Å². The van der Waals surface area contributed by atoms with Gasteiger partial charge in [-0.1, -0.05) is 18.5 Å². The number of nitrogens with zero attached hydrogens (tertiary/aromatic N) is 4. The largest absolute Gasteiger partial charge is 0.358 e. The summed E-state index contributed by atoms with van der Waals surface area (Å²) in [5.74, 6) is 0.935. The van der Waals surface area contributed by atoms with E-state index in [1.165, 1.54) is 6.33 Å². The van der Waals surface area contributed by atoms with Crippen LogP contribution >= 0.6 is 11.6 Å². The molecule has 0 aromatic carbocycles. The van der Waals surface area contributed by atoms with E-state index >= 15 is 0 Å². The summed E-state index contributed by atoms with van der Waals surface area (Å²) < 4.78 is 0. The van der Waals surface area contributed by atoms with Crippen molar-refractivity contribution in [2.75, 3.05) is 39.1 Å². The molecule has 0 saturated heterocycles. The quantitative estimate of drug-likeness (QED) is 0.736. The Labute approximate surface area is 102 Å². The van der Waals surface area contributed by atoms with Crippen molar-refractivity contribution < 1.29 is 0 Å². The highest BCUT2D eigenvalue weighted by atomic mass is 35.5. The van der Waals surface area contributed by atoms with Crippen LogP contribution in [0.1, 0.15) is 12.5 Å². The van der Waals surface area contributed by atoms with Gasteiger partial charge in [-0.15, -0.1) is 0 Å². The van der Waals surface area contributed by atoms with E-state index in [1.807, 2.05) is 7.05 Å². The summed E-state index contributed by atoms with van der Waals surface area (Å²) in [5.41, 5.74) is 1.02. The topological polar surface area (TPSA) is 32.3 Å². The molecular weight excluding hydrogens is 224 g/mol. The van der Waals surface area contributed by atoms with Crippen molar-refractivity contribution in [2.45, 2.75) is 13.3 Å². The lowest BCUT2D eigenvalue weighted by Gasteiger charge is -2.22. The van der Waals surface area contributed by atoms with Crippen molar-refractivity contribution in [3.8, 4) is 0 Å². The first-order valence-corrected chi connectivity index (χ1v) is 5.79. The predicted octanol–water partition coefficient (Wildman–Crippen LogP) is 1.69. The van der Waals surface area contributed by atoms with Crippen molar-refractivity contribution in [2.24, 2.45) is 0 Å². The van der Waals surface area contributed by atoms with Crippen LogP contribution in [0, 0.1) is 0 Å². The van der Waals surface area contributed by atoms with E-state index in [1.54, 1.807) is 0 Å². The van der Waals surface area contributed by atoms with E-state index in [9.17, 15) is 0 Å². The van der Waals surface area contributed by atoms with Gasteiger partial charge in [0.15, 0.2) is 0 Å². The van der Waals surface area contributed by atoms with Gasteiger partial charge in [0.05, 0.1) is 0 Å². The van der Waals surface area contributed by atoms with E-state index in [0.717, 1.165) is 30.9 Å². The van der Waals surface area contributed by atoms with Crippen LogP contribution in [0.5, 0.6) is 0 Å². The van der Waals surface area contributed by atoms with Crippen LogP contribution in [0.4, 0.5) is 5.82 Å². The van der Waals surface area contributed by atoms with Crippen LogP contribution in [-0.4, -0.2) is 49.1 Å². The summed E-state index contributed by atoms with van der Waals surface area (Å²) in [4.78, 5) is 12.6. The number of halogens is 1. The van der Waals surface area contributed by atoms with E-state index in [0.29, 0.717) is 5.15 Å². The molecule has 0 aliphatic rings. The number of aromatic nitrogens is 2. The van der Waals surface area contributed by atoms with E-state index in [4.69, 9.17) is 11.6 Å². The third-order valence-electron chi connectivity index (χ3n) is 2.47. The van der Waals surface area contributed by atoms with Crippen molar-refractivity contribution >= 4 is 17.4 Å². The molecule has 1 rings (SSSR count). The molecule has 90 valence electrons. The van der Waals surface area contributed by atoms with Crippen LogP contribution < -0.4 is 4.90 Å². The smallest absolute Gasteiger partial charge is 0.137 e. The summed E-state index contributed by atoms with van der Waals surface area (Å²) >= 11 is 6.05. The molecule has 16 heavy (non-hydrogen) atoms. The molecule has 0 bridgehead atoms. The van der Waals surface area contributed by atoms with Gasteiger partial charge in [-0.05, 0) is 20.5 Å². The molecule has 0 fully saturated rings. The van der Waals surface area contributed by atoms with Crippen LogP contribution in [0.25, 0.3) is 0 Å². The van der Waals surface area contributed by atoms with Crippen molar-refractivity contribution in [3.63, 3.8) is 0 Å². The van der Waals surface area contributed by atoms with Gasteiger partial charge in [0.2, 0.25) is 0 Å². The molecule has 0 spiro atoms. The normalized spacial score (nSPS) is 10.9. The minimum Gasteiger partial charge on any atom is -0.358 e. The molecule has 1 heterocycles. The minimum absolute atomic E-state index is 0.559. The van der Waals surface area contributed by atoms with E-state index in [2.05, 4.69) is 40.8 Å². The number of hydrogen-bond donors (Lipinski definition) is 0. The van der Waals surface area contributed by atoms with Gasteiger partial charge >= 0.3 is 0 Å². The third-order valence-corrected chi connectivity index (χ3v) is 2.79. The Morgan fingerprint density at radius 3 is 2.44 bits per heavy atom. The highest BCUT2D eigenvalue weighted by molar-refractivity contribution is 6.30. The first kappa shape index (κ1) is 13.2. The summed E-state index contributed by atoms with van der Waals surface area (Å²) in [7, 11) is 6.14. The molecule has 4 nitrogen and oxygen atoms in total. The zero-order valence-electron chi connectivity index (χ0n) is 10.4. The average molecular weight is 243 g/mol. The molecule has 5 heteroatoms. The Bertz CT molecular complexity index is 341. The summed E-state index contributed by atoms with van der Waals surface area (Å²) in [6.07, 6.45) is 2.37. The molecule has 0 N–H and O–H groups in total. The maximum absolute atomic E-state index is 6.05. The third kappa shape index (κ3) is 3.32. The summed E-state index contributed by atoms with van der Waals surface area (Å²) in [6.45, 7) is 3.97. The highest BCUT2D eigenvalue weighted by Gasteiger charge is 2.11. The standard InChI is InChI=1S/C11H19ClN4/c1-5-9-10(12)13-8-14-11(9)16(4)7-6-15(2)3/h8H,5-7H2,1-4H3. The first-order chi connectivity index (χ1) is 7.56. The minimum atomic E-state index is 0.559. The monoisotopic (exact) mass is 242 g/mol. The average Bonchev–Trinajstić information content (AvgIpc) is 2.25. The number of likely N-dealkylation sites (N-methyl/N-ethyl adjacent to an activating group) is 2. The summed E-state index contributed by atoms with van der Waals surface area (Å²) in [6, 6.07) is 0. The SMILES string of the molecule is CCc1c(Cl)ncnc1N(C)CCN(C)C. The molecule has 0 aliphatic heterocycles. The number of rotatable bonds is 5. The van der Waals surface area contributed by atoms with Gasteiger partial charge in [0.25, 0.3) is 0 Å². The second-order valence-electron chi connectivity index (χ2n) is 4.05. The Morgan fingerprint density at radius 1 is 1.19 bits per heavy atom. The number of anilines is 1. The lowest BCUT2D eigenvalue weighted by atomic mass is 10.2. The molecule has 0 radical (unpaired) electrons. The van der Waals surface area contributed by atoms with Gasteiger partial charge in [0.1, 0.15) is 17.3 Å². The molecule has 0 unspecified atom stereocenters. The lowest BCUT2D eigenvalue weighted by molar-refractivity contribution is 0.416. The number of hydrogen-bond acceptors (Lipinski definition) is 4. The first-order valence-electron chi connectivity index (χ1n) is 5.41. The predicted molar refractivity (Wildman–Crippen MR) is 68.2 cm³/mol.